The number of nitrogens with zero attached hydrogens (tertiary/aromatic N) is 1. The Morgan fingerprint density at radius 1 is 1.24 bits per heavy atom. The van der Waals surface area contributed by atoms with E-state index < -0.39 is 0 Å². The summed E-state index contributed by atoms with van der Waals surface area (Å²) in [5, 5.41) is 3.77. The van der Waals surface area contributed by atoms with Gasteiger partial charge in [0, 0.05) is 47.1 Å². The second-order valence-corrected chi connectivity index (χ2v) is 7.75. The van der Waals surface area contributed by atoms with E-state index >= 15 is 0 Å². The number of furan rings is 1. The summed E-state index contributed by atoms with van der Waals surface area (Å²) in [6.07, 6.45) is 6.65. The van der Waals surface area contributed by atoms with Gasteiger partial charge in [-0.1, -0.05) is 18.2 Å². The lowest BCUT2D eigenvalue weighted by atomic mass is 9.96. The van der Waals surface area contributed by atoms with E-state index in [1.165, 1.54) is 12.1 Å². The molecule has 0 aliphatic heterocycles. The quantitative estimate of drug-likeness (QED) is 0.352. The second-order valence-electron chi connectivity index (χ2n) is 7.75. The molecule has 0 aliphatic carbocycles. The van der Waals surface area contributed by atoms with Crippen LogP contribution in [0.4, 0.5) is 4.39 Å². The maximum atomic E-state index is 13.4. The summed E-state index contributed by atoms with van der Waals surface area (Å²) in [5.41, 5.74) is 5.75. The first-order chi connectivity index (χ1) is 16.0. The molecule has 168 valence electrons. The van der Waals surface area contributed by atoms with E-state index in [1.807, 2.05) is 39.0 Å². The SMILES string of the molecule is CCOc1c(/C(C)=C/C(=O)NCc2cccnc2)cc2c(-c3ccc(F)cc3)coc2c1C. The molecule has 6 heteroatoms. The average molecular weight is 445 g/mol. The Balaban J connectivity index is 1.72. The largest absolute Gasteiger partial charge is 0.493 e. The first-order valence-corrected chi connectivity index (χ1v) is 10.8. The Morgan fingerprint density at radius 2 is 2.03 bits per heavy atom. The highest BCUT2D eigenvalue weighted by Gasteiger charge is 2.19. The number of hydrogen-bond donors (Lipinski definition) is 1. The molecule has 2 heterocycles. The number of allylic oxidation sites excluding steroid dienone is 1. The third kappa shape index (κ3) is 4.80. The number of fused-ring (bicyclic) bond motifs is 1. The molecule has 0 bridgehead atoms. The van der Waals surface area contributed by atoms with E-state index in [1.54, 1.807) is 36.9 Å². The third-order valence-corrected chi connectivity index (χ3v) is 5.45. The van der Waals surface area contributed by atoms with Gasteiger partial charge < -0.3 is 14.5 Å². The summed E-state index contributed by atoms with van der Waals surface area (Å²) in [7, 11) is 0. The van der Waals surface area contributed by atoms with Crippen LogP contribution in [0.5, 0.6) is 5.75 Å². The van der Waals surface area contributed by atoms with Gasteiger partial charge in [0.05, 0.1) is 12.9 Å². The minimum atomic E-state index is -0.293. The van der Waals surface area contributed by atoms with E-state index in [4.69, 9.17) is 9.15 Å². The van der Waals surface area contributed by atoms with Gasteiger partial charge in [-0.2, -0.15) is 0 Å². The Bertz CT molecular complexity index is 1310. The van der Waals surface area contributed by atoms with Crippen LogP contribution in [0.15, 0.2) is 71.6 Å². The van der Waals surface area contributed by atoms with Crippen LogP contribution in [0.25, 0.3) is 27.7 Å². The van der Waals surface area contributed by atoms with Crippen molar-refractivity contribution in [2.75, 3.05) is 6.61 Å². The summed E-state index contributed by atoms with van der Waals surface area (Å²) in [6.45, 7) is 6.60. The van der Waals surface area contributed by atoms with Gasteiger partial charge in [-0.25, -0.2) is 4.39 Å². The number of amides is 1. The predicted octanol–water partition coefficient (Wildman–Crippen LogP) is 6.06. The number of halogens is 1. The normalized spacial score (nSPS) is 11.6. The fourth-order valence-electron chi connectivity index (χ4n) is 3.81. The number of aromatic nitrogens is 1. The Hall–Kier alpha value is -3.93. The molecular weight excluding hydrogens is 419 g/mol. The second kappa shape index (κ2) is 9.69. The number of rotatable bonds is 7. The van der Waals surface area contributed by atoms with Crippen molar-refractivity contribution < 1.29 is 18.3 Å². The molecule has 0 spiro atoms. The fraction of sp³-hybridized carbons (Fsp3) is 0.185. The van der Waals surface area contributed by atoms with Crippen LogP contribution in [-0.4, -0.2) is 17.5 Å². The van der Waals surface area contributed by atoms with Crippen molar-refractivity contribution in [1.29, 1.82) is 0 Å². The third-order valence-electron chi connectivity index (χ3n) is 5.45. The first-order valence-electron chi connectivity index (χ1n) is 10.8. The molecular formula is C27H25FN2O3. The molecule has 0 radical (unpaired) electrons. The molecule has 0 atom stereocenters. The number of aryl methyl sites for hydroxylation is 1. The summed E-state index contributed by atoms with van der Waals surface area (Å²) in [4.78, 5) is 16.6. The molecule has 0 saturated heterocycles. The molecule has 0 fully saturated rings. The standard InChI is InChI=1S/C27H25FN2O3/c1-4-32-26-18(3)27-23(24(16-33-27)20-7-9-21(28)10-8-20)13-22(26)17(2)12-25(31)30-15-19-6-5-11-29-14-19/h5-14,16H,4,15H2,1-3H3,(H,30,31)/b17-12+. The lowest BCUT2D eigenvalue weighted by Gasteiger charge is -2.15. The smallest absolute Gasteiger partial charge is 0.244 e. The molecule has 1 N–H and O–H groups in total. The Morgan fingerprint density at radius 3 is 2.73 bits per heavy atom. The van der Waals surface area contributed by atoms with Crippen LogP contribution < -0.4 is 10.1 Å². The van der Waals surface area contributed by atoms with E-state index in [9.17, 15) is 9.18 Å². The summed E-state index contributed by atoms with van der Waals surface area (Å²) in [6, 6.07) is 12.0. The zero-order valence-electron chi connectivity index (χ0n) is 18.8. The van der Waals surface area contributed by atoms with Crippen molar-refractivity contribution in [3.8, 4) is 16.9 Å². The van der Waals surface area contributed by atoms with Crippen LogP contribution in [-0.2, 0) is 11.3 Å². The lowest BCUT2D eigenvalue weighted by molar-refractivity contribution is -0.116. The molecule has 0 unspecified atom stereocenters. The highest BCUT2D eigenvalue weighted by molar-refractivity contribution is 6.01. The molecule has 4 rings (SSSR count). The highest BCUT2D eigenvalue weighted by Crippen LogP contribution is 2.40. The molecule has 33 heavy (non-hydrogen) atoms. The number of pyridine rings is 1. The van der Waals surface area contributed by atoms with Gasteiger partial charge in [-0.05, 0) is 61.7 Å². The molecule has 2 aromatic heterocycles. The van der Waals surface area contributed by atoms with Crippen LogP contribution in [0, 0.1) is 12.7 Å². The van der Waals surface area contributed by atoms with Gasteiger partial charge >= 0.3 is 0 Å². The summed E-state index contributed by atoms with van der Waals surface area (Å²) < 4.78 is 25.2. The minimum absolute atomic E-state index is 0.206. The number of benzene rings is 2. The van der Waals surface area contributed by atoms with Crippen LogP contribution in [0.1, 0.15) is 30.5 Å². The Kier molecular flexibility index (Phi) is 6.54. The molecule has 0 aliphatic rings. The predicted molar refractivity (Wildman–Crippen MR) is 127 cm³/mol. The maximum absolute atomic E-state index is 13.4. The van der Waals surface area contributed by atoms with Gasteiger partial charge in [0.2, 0.25) is 5.91 Å². The van der Waals surface area contributed by atoms with Gasteiger partial charge in [0.25, 0.3) is 0 Å². The van der Waals surface area contributed by atoms with E-state index in [-0.39, 0.29) is 11.7 Å². The molecule has 0 saturated carbocycles. The van der Waals surface area contributed by atoms with Gasteiger partial charge in [0.15, 0.2) is 0 Å². The van der Waals surface area contributed by atoms with Gasteiger partial charge in [-0.15, -0.1) is 0 Å². The van der Waals surface area contributed by atoms with Crippen molar-refractivity contribution in [3.05, 3.63) is 89.7 Å². The number of ether oxygens (including phenoxy) is 1. The number of carbonyl (C=O) groups excluding carboxylic acids is 1. The van der Waals surface area contributed by atoms with E-state index in [2.05, 4.69) is 10.3 Å². The van der Waals surface area contributed by atoms with E-state index in [0.717, 1.165) is 38.8 Å². The lowest BCUT2D eigenvalue weighted by Crippen LogP contribution is -2.20. The Labute approximate surface area is 191 Å². The number of hydrogen-bond acceptors (Lipinski definition) is 4. The number of nitrogens with one attached hydrogen (secondary N) is 1. The monoisotopic (exact) mass is 444 g/mol. The molecule has 1 amide bonds. The average Bonchev–Trinajstić information content (AvgIpc) is 3.25. The van der Waals surface area contributed by atoms with Crippen LogP contribution in [0.3, 0.4) is 0 Å². The van der Waals surface area contributed by atoms with Gasteiger partial charge in [0.1, 0.15) is 17.1 Å². The fourth-order valence-corrected chi connectivity index (χ4v) is 3.81. The van der Waals surface area contributed by atoms with Crippen molar-refractivity contribution in [2.24, 2.45) is 0 Å². The highest BCUT2D eigenvalue weighted by atomic mass is 19.1. The van der Waals surface area contributed by atoms with Crippen molar-refractivity contribution in [3.63, 3.8) is 0 Å². The number of carbonyl (C=O) groups is 1. The molecule has 5 nitrogen and oxygen atoms in total. The van der Waals surface area contributed by atoms with Crippen LogP contribution in [0.2, 0.25) is 0 Å². The summed E-state index contributed by atoms with van der Waals surface area (Å²) >= 11 is 0. The van der Waals surface area contributed by atoms with E-state index in [0.29, 0.717) is 24.5 Å². The molecule has 2 aromatic carbocycles. The van der Waals surface area contributed by atoms with Crippen molar-refractivity contribution >= 4 is 22.4 Å². The van der Waals surface area contributed by atoms with Crippen molar-refractivity contribution in [1.82, 2.24) is 10.3 Å². The zero-order chi connectivity index (χ0) is 23.4. The van der Waals surface area contributed by atoms with Gasteiger partial charge in [-0.3, -0.25) is 9.78 Å². The van der Waals surface area contributed by atoms with Crippen molar-refractivity contribution in [2.45, 2.75) is 27.3 Å². The maximum Gasteiger partial charge on any atom is 0.244 e. The first kappa shape index (κ1) is 22.3. The summed E-state index contributed by atoms with van der Waals surface area (Å²) in [5.74, 6) is 0.180. The molecule has 4 aromatic rings. The topological polar surface area (TPSA) is 64.4 Å². The zero-order valence-corrected chi connectivity index (χ0v) is 18.8. The minimum Gasteiger partial charge on any atom is -0.493 e. The van der Waals surface area contributed by atoms with Crippen LogP contribution >= 0.6 is 0 Å².